The number of anilines is 1. The van der Waals surface area contributed by atoms with Gasteiger partial charge < -0.3 is 5.73 Å². The van der Waals surface area contributed by atoms with Crippen molar-refractivity contribution in [2.24, 2.45) is 0 Å². The summed E-state index contributed by atoms with van der Waals surface area (Å²) in [6, 6.07) is 3.35. The van der Waals surface area contributed by atoms with Crippen LogP contribution in [0.3, 0.4) is 0 Å². The molecule has 1 aromatic heterocycles. The van der Waals surface area contributed by atoms with Gasteiger partial charge in [-0.2, -0.15) is 0 Å². The van der Waals surface area contributed by atoms with Gasteiger partial charge in [0, 0.05) is 17.5 Å². The molecule has 4 nitrogen and oxygen atoms in total. The third kappa shape index (κ3) is 2.69. The number of nitrogens with two attached hydrogens (primary N) is 1. The lowest BCUT2D eigenvalue weighted by Gasteiger charge is -2.03. The van der Waals surface area contributed by atoms with Crippen molar-refractivity contribution in [2.45, 2.75) is 12.7 Å². The molecular formula is C8H12N2O2S. The molecule has 0 spiro atoms. The van der Waals surface area contributed by atoms with Gasteiger partial charge in [0.15, 0.2) is 9.84 Å². The molecule has 1 heterocycles. The number of sulfone groups is 1. The topological polar surface area (TPSA) is 73.0 Å². The Morgan fingerprint density at radius 3 is 2.77 bits per heavy atom. The molecule has 0 aromatic carbocycles. The van der Waals surface area contributed by atoms with Gasteiger partial charge in [-0.15, -0.1) is 0 Å². The van der Waals surface area contributed by atoms with E-state index in [1.54, 1.807) is 19.1 Å². The van der Waals surface area contributed by atoms with Crippen molar-refractivity contribution in [1.29, 1.82) is 0 Å². The van der Waals surface area contributed by atoms with Crippen LogP contribution >= 0.6 is 0 Å². The van der Waals surface area contributed by atoms with E-state index in [4.69, 9.17) is 5.73 Å². The van der Waals surface area contributed by atoms with E-state index in [0.717, 1.165) is 0 Å². The number of rotatable bonds is 3. The van der Waals surface area contributed by atoms with Crippen LogP contribution in [0.5, 0.6) is 0 Å². The third-order valence-corrected chi connectivity index (χ3v) is 3.37. The monoisotopic (exact) mass is 200 g/mol. The Balaban J connectivity index is 2.93. The molecule has 13 heavy (non-hydrogen) atoms. The highest BCUT2D eigenvalue weighted by atomic mass is 32.2. The summed E-state index contributed by atoms with van der Waals surface area (Å²) in [5, 5.41) is 0. The van der Waals surface area contributed by atoms with Gasteiger partial charge in [0.1, 0.15) is 5.82 Å². The fourth-order valence-corrected chi connectivity index (χ4v) is 1.83. The predicted octanol–water partition coefficient (Wildman–Crippen LogP) is 0.599. The highest BCUT2D eigenvalue weighted by molar-refractivity contribution is 7.90. The molecule has 0 bridgehead atoms. The van der Waals surface area contributed by atoms with Crippen molar-refractivity contribution in [2.75, 3.05) is 11.5 Å². The van der Waals surface area contributed by atoms with Gasteiger partial charge in [0.25, 0.3) is 0 Å². The zero-order chi connectivity index (χ0) is 9.90. The molecule has 0 unspecified atom stereocenters. The number of hydrogen-bond acceptors (Lipinski definition) is 4. The van der Waals surface area contributed by atoms with Gasteiger partial charge in [-0.05, 0) is 6.07 Å². The first-order valence-electron chi connectivity index (χ1n) is 3.95. The van der Waals surface area contributed by atoms with Crippen LogP contribution in [0.25, 0.3) is 0 Å². The molecule has 72 valence electrons. The Bertz CT molecular complexity index is 387. The average Bonchev–Trinajstić information content (AvgIpc) is 2.09. The summed E-state index contributed by atoms with van der Waals surface area (Å²) >= 11 is 0. The van der Waals surface area contributed by atoms with Crippen LogP contribution in [0.2, 0.25) is 0 Å². The molecule has 1 aromatic rings. The number of pyridine rings is 1. The van der Waals surface area contributed by atoms with E-state index < -0.39 is 9.84 Å². The van der Waals surface area contributed by atoms with E-state index in [9.17, 15) is 8.42 Å². The van der Waals surface area contributed by atoms with Crippen LogP contribution in [0, 0.1) is 0 Å². The zero-order valence-corrected chi connectivity index (χ0v) is 8.21. The summed E-state index contributed by atoms with van der Waals surface area (Å²) in [5.74, 6) is 0.393. The third-order valence-electron chi connectivity index (χ3n) is 1.74. The van der Waals surface area contributed by atoms with Crippen LogP contribution in [0.4, 0.5) is 5.82 Å². The smallest absolute Gasteiger partial charge is 0.154 e. The Labute approximate surface area is 77.7 Å². The van der Waals surface area contributed by atoms with Gasteiger partial charge in [-0.25, -0.2) is 13.4 Å². The summed E-state index contributed by atoms with van der Waals surface area (Å²) in [6.45, 7) is 1.61. The fraction of sp³-hybridized carbons (Fsp3) is 0.375. The largest absolute Gasteiger partial charge is 0.383 e. The molecular weight excluding hydrogens is 188 g/mol. The van der Waals surface area contributed by atoms with Crippen molar-refractivity contribution in [3.05, 3.63) is 23.9 Å². The molecule has 0 aliphatic heterocycles. The van der Waals surface area contributed by atoms with Crippen LogP contribution < -0.4 is 5.73 Å². The lowest BCUT2D eigenvalue weighted by Crippen LogP contribution is -2.09. The van der Waals surface area contributed by atoms with Gasteiger partial charge in [0.05, 0.1) is 5.75 Å². The minimum Gasteiger partial charge on any atom is -0.383 e. The van der Waals surface area contributed by atoms with Crippen molar-refractivity contribution in [3.63, 3.8) is 0 Å². The lowest BCUT2D eigenvalue weighted by atomic mass is 10.3. The summed E-state index contributed by atoms with van der Waals surface area (Å²) in [7, 11) is -3.02. The molecule has 0 atom stereocenters. The SMILES string of the molecule is CCS(=O)(=O)Cc1cccnc1N. The van der Waals surface area contributed by atoms with E-state index in [1.165, 1.54) is 6.20 Å². The maximum absolute atomic E-state index is 11.2. The van der Waals surface area contributed by atoms with Crippen molar-refractivity contribution in [3.8, 4) is 0 Å². The van der Waals surface area contributed by atoms with Gasteiger partial charge >= 0.3 is 0 Å². The van der Waals surface area contributed by atoms with Crippen molar-refractivity contribution >= 4 is 15.7 Å². The summed E-state index contributed by atoms with van der Waals surface area (Å²) in [5.41, 5.74) is 6.08. The summed E-state index contributed by atoms with van der Waals surface area (Å²) in [4.78, 5) is 3.81. The molecule has 1 rings (SSSR count). The van der Waals surface area contributed by atoms with E-state index in [-0.39, 0.29) is 11.5 Å². The molecule has 0 amide bonds. The maximum atomic E-state index is 11.2. The second kappa shape index (κ2) is 3.74. The normalized spacial score (nSPS) is 11.5. The minimum atomic E-state index is -3.02. The van der Waals surface area contributed by atoms with Gasteiger partial charge in [0.2, 0.25) is 0 Å². The second-order valence-electron chi connectivity index (χ2n) is 2.72. The standard InChI is InChI=1S/C8H12N2O2S/c1-2-13(11,12)6-7-4-3-5-10-8(7)9/h3-5H,2,6H2,1H3,(H2,9,10). The first kappa shape index (κ1) is 9.98. The highest BCUT2D eigenvalue weighted by Gasteiger charge is 2.10. The molecule has 0 fully saturated rings. The first-order chi connectivity index (χ1) is 6.05. The Morgan fingerprint density at radius 2 is 2.23 bits per heavy atom. The predicted molar refractivity (Wildman–Crippen MR) is 51.8 cm³/mol. The fourth-order valence-electron chi connectivity index (χ4n) is 0.912. The molecule has 0 radical (unpaired) electrons. The number of hydrogen-bond donors (Lipinski definition) is 1. The van der Waals surface area contributed by atoms with Crippen LogP contribution in [-0.2, 0) is 15.6 Å². The van der Waals surface area contributed by atoms with Crippen LogP contribution in [0.15, 0.2) is 18.3 Å². The maximum Gasteiger partial charge on any atom is 0.154 e. The lowest BCUT2D eigenvalue weighted by molar-refractivity contribution is 0.596. The molecule has 0 saturated heterocycles. The van der Waals surface area contributed by atoms with Crippen LogP contribution in [0.1, 0.15) is 12.5 Å². The molecule has 0 aliphatic carbocycles. The van der Waals surface area contributed by atoms with E-state index in [0.29, 0.717) is 11.4 Å². The first-order valence-corrected chi connectivity index (χ1v) is 5.77. The highest BCUT2D eigenvalue weighted by Crippen LogP contribution is 2.11. The van der Waals surface area contributed by atoms with E-state index in [2.05, 4.69) is 4.98 Å². The zero-order valence-electron chi connectivity index (χ0n) is 7.40. The van der Waals surface area contributed by atoms with Gasteiger partial charge in [-0.3, -0.25) is 0 Å². The molecule has 0 aliphatic rings. The Kier molecular flexibility index (Phi) is 2.87. The average molecular weight is 200 g/mol. The van der Waals surface area contributed by atoms with Gasteiger partial charge in [-0.1, -0.05) is 13.0 Å². The summed E-state index contributed by atoms with van der Waals surface area (Å²) in [6.07, 6.45) is 1.54. The molecule has 2 N–H and O–H groups in total. The van der Waals surface area contributed by atoms with E-state index >= 15 is 0 Å². The minimum absolute atomic E-state index is 0.0246. The van der Waals surface area contributed by atoms with Crippen LogP contribution in [-0.4, -0.2) is 19.2 Å². The molecule has 0 saturated carbocycles. The summed E-state index contributed by atoms with van der Waals surface area (Å²) < 4.78 is 22.5. The van der Waals surface area contributed by atoms with E-state index in [1.807, 2.05) is 0 Å². The van der Waals surface area contributed by atoms with Crippen molar-refractivity contribution in [1.82, 2.24) is 4.98 Å². The van der Waals surface area contributed by atoms with Crippen molar-refractivity contribution < 1.29 is 8.42 Å². The molecule has 5 heteroatoms. The number of nitrogens with zero attached hydrogens (tertiary/aromatic N) is 1. The number of aromatic nitrogens is 1. The Morgan fingerprint density at radius 1 is 1.54 bits per heavy atom. The number of nitrogen functional groups attached to an aromatic ring is 1. The Hall–Kier alpha value is -1.10. The quantitative estimate of drug-likeness (QED) is 0.775. The second-order valence-corrected chi connectivity index (χ2v) is 5.08.